The van der Waals surface area contributed by atoms with Crippen LogP contribution < -0.4 is 5.32 Å². The van der Waals surface area contributed by atoms with Gasteiger partial charge in [-0.25, -0.2) is 0 Å². The van der Waals surface area contributed by atoms with Crippen LogP contribution in [0.15, 0.2) is 30.3 Å². The number of likely N-dealkylation sites (tertiary alicyclic amines) is 1. The number of likely N-dealkylation sites (N-methyl/N-ethyl adjacent to an activating group) is 1. The number of rotatable bonds is 5. The molecule has 1 aromatic carbocycles. The maximum absolute atomic E-state index is 3.81. The fourth-order valence-corrected chi connectivity index (χ4v) is 3.22. The molecule has 2 heteroatoms. The van der Waals surface area contributed by atoms with Gasteiger partial charge >= 0.3 is 0 Å². The van der Waals surface area contributed by atoms with Crippen molar-refractivity contribution in [3.8, 4) is 0 Å². The summed E-state index contributed by atoms with van der Waals surface area (Å²) in [6, 6.07) is 11.7. The minimum atomic E-state index is 0.680. The summed E-state index contributed by atoms with van der Waals surface area (Å²) in [5, 5.41) is 3.81. The van der Waals surface area contributed by atoms with Crippen molar-refractivity contribution >= 4 is 0 Å². The van der Waals surface area contributed by atoms with Crippen molar-refractivity contribution in [2.75, 3.05) is 26.2 Å². The molecule has 2 nitrogen and oxygen atoms in total. The van der Waals surface area contributed by atoms with E-state index >= 15 is 0 Å². The van der Waals surface area contributed by atoms with Crippen molar-refractivity contribution in [3.63, 3.8) is 0 Å². The van der Waals surface area contributed by atoms with E-state index in [9.17, 15) is 0 Å². The highest BCUT2D eigenvalue weighted by atomic mass is 15.2. The van der Waals surface area contributed by atoms with Crippen LogP contribution >= 0.6 is 0 Å². The zero-order valence-corrected chi connectivity index (χ0v) is 12.0. The SMILES string of the molecule is CCN1CC(NCC2CC2)CC(c2ccccc2)C1. The Bertz CT molecular complexity index is 386. The van der Waals surface area contributed by atoms with Crippen LogP contribution in [-0.4, -0.2) is 37.1 Å². The first-order chi connectivity index (χ1) is 9.35. The lowest BCUT2D eigenvalue weighted by Gasteiger charge is -2.38. The lowest BCUT2D eigenvalue weighted by atomic mass is 9.88. The maximum atomic E-state index is 3.81. The van der Waals surface area contributed by atoms with Crippen molar-refractivity contribution in [1.82, 2.24) is 10.2 Å². The van der Waals surface area contributed by atoms with Gasteiger partial charge in [-0.15, -0.1) is 0 Å². The zero-order chi connectivity index (χ0) is 13.1. The van der Waals surface area contributed by atoms with Crippen molar-refractivity contribution in [2.24, 2.45) is 5.92 Å². The van der Waals surface area contributed by atoms with Crippen molar-refractivity contribution in [2.45, 2.75) is 38.1 Å². The van der Waals surface area contributed by atoms with E-state index in [1.807, 2.05) is 0 Å². The van der Waals surface area contributed by atoms with Gasteiger partial charge < -0.3 is 10.2 Å². The molecule has 3 rings (SSSR count). The Morgan fingerprint density at radius 3 is 2.63 bits per heavy atom. The molecular weight excluding hydrogens is 232 g/mol. The molecule has 1 aliphatic carbocycles. The van der Waals surface area contributed by atoms with Gasteiger partial charge in [-0.3, -0.25) is 0 Å². The summed E-state index contributed by atoms with van der Waals surface area (Å²) >= 11 is 0. The molecule has 2 aliphatic rings. The summed E-state index contributed by atoms with van der Waals surface area (Å²) in [6.07, 6.45) is 4.19. The highest BCUT2D eigenvalue weighted by Crippen LogP contribution is 2.30. The average molecular weight is 258 g/mol. The van der Waals surface area contributed by atoms with E-state index in [4.69, 9.17) is 0 Å². The molecule has 0 radical (unpaired) electrons. The van der Waals surface area contributed by atoms with Crippen molar-refractivity contribution in [1.29, 1.82) is 0 Å². The number of hydrogen-bond donors (Lipinski definition) is 1. The minimum Gasteiger partial charge on any atom is -0.312 e. The summed E-state index contributed by atoms with van der Waals surface area (Å²) in [5.41, 5.74) is 1.51. The second-order valence-electron chi connectivity index (χ2n) is 6.24. The molecule has 1 saturated heterocycles. The van der Waals surface area contributed by atoms with Gasteiger partial charge in [0.25, 0.3) is 0 Å². The van der Waals surface area contributed by atoms with E-state index in [1.165, 1.54) is 51.0 Å². The fraction of sp³-hybridized carbons (Fsp3) is 0.647. The van der Waals surface area contributed by atoms with E-state index in [0.717, 1.165) is 5.92 Å². The molecule has 1 aliphatic heterocycles. The molecule has 19 heavy (non-hydrogen) atoms. The quantitative estimate of drug-likeness (QED) is 0.873. The lowest BCUT2D eigenvalue weighted by Crippen LogP contribution is -2.48. The topological polar surface area (TPSA) is 15.3 Å². The van der Waals surface area contributed by atoms with E-state index < -0.39 is 0 Å². The molecule has 2 atom stereocenters. The first-order valence-electron chi connectivity index (χ1n) is 7.86. The number of hydrogen-bond acceptors (Lipinski definition) is 2. The third kappa shape index (κ3) is 3.58. The Balaban J connectivity index is 1.62. The van der Waals surface area contributed by atoms with Crippen LogP contribution in [0.25, 0.3) is 0 Å². The van der Waals surface area contributed by atoms with Crippen LogP contribution in [0, 0.1) is 5.92 Å². The molecule has 0 spiro atoms. The number of piperidine rings is 1. The van der Waals surface area contributed by atoms with Gasteiger partial charge in [-0.2, -0.15) is 0 Å². The van der Waals surface area contributed by atoms with Crippen LogP contribution in [0.5, 0.6) is 0 Å². The smallest absolute Gasteiger partial charge is 0.0201 e. The minimum absolute atomic E-state index is 0.680. The molecule has 0 aromatic heterocycles. The normalized spacial score (nSPS) is 28.5. The maximum Gasteiger partial charge on any atom is 0.0201 e. The Morgan fingerprint density at radius 2 is 1.95 bits per heavy atom. The van der Waals surface area contributed by atoms with Gasteiger partial charge in [0, 0.05) is 19.1 Å². The van der Waals surface area contributed by atoms with Gasteiger partial charge in [0.15, 0.2) is 0 Å². The molecule has 0 amide bonds. The van der Waals surface area contributed by atoms with Crippen LogP contribution in [0.1, 0.15) is 37.7 Å². The Morgan fingerprint density at radius 1 is 1.16 bits per heavy atom. The van der Waals surface area contributed by atoms with Crippen LogP contribution in [0.2, 0.25) is 0 Å². The predicted octanol–water partition coefficient (Wildman–Crippen LogP) is 2.86. The van der Waals surface area contributed by atoms with Crippen LogP contribution in [0.3, 0.4) is 0 Å². The van der Waals surface area contributed by atoms with Crippen LogP contribution in [0.4, 0.5) is 0 Å². The summed E-state index contributed by atoms with van der Waals surface area (Å²) in [6.45, 7) is 7.15. The number of nitrogens with zero attached hydrogens (tertiary/aromatic N) is 1. The first-order valence-corrected chi connectivity index (χ1v) is 7.86. The second kappa shape index (κ2) is 6.06. The molecule has 2 unspecified atom stereocenters. The third-order valence-corrected chi connectivity index (χ3v) is 4.64. The lowest BCUT2D eigenvalue weighted by molar-refractivity contribution is 0.178. The standard InChI is InChI=1S/C17H26N2/c1-2-19-12-16(15-6-4-3-5-7-15)10-17(13-19)18-11-14-8-9-14/h3-7,14,16-18H,2,8-13H2,1H3. The highest BCUT2D eigenvalue weighted by molar-refractivity contribution is 5.21. The number of benzene rings is 1. The van der Waals surface area contributed by atoms with Crippen molar-refractivity contribution in [3.05, 3.63) is 35.9 Å². The van der Waals surface area contributed by atoms with Gasteiger partial charge in [-0.05, 0) is 49.8 Å². The predicted molar refractivity (Wildman–Crippen MR) is 80.4 cm³/mol. The summed E-state index contributed by atoms with van der Waals surface area (Å²) < 4.78 is 0. The largest absolute Gasteiger partial charge is 0.312 e. The summed E-state index contributed by atoms with van der Waals surface area (Å²) in [4.78, 5) is 2.60. The monoisotopic (exact) mass is 258 g/mol. The molecule has 104 valence electrons. The van der Waals surface area contributed by atoms with E-state index in [0.29, 0.717) is 12.0 Å². The van der Waals surface area contributed by atoms with E-state index in [1.54, 1.807) is 0 Å². The Labute approximate surface area is 117 Å². The highest BCUT2D eigenvalue weighted by Gasteiger charge is 2.29. The van der Waals surface area contributed by atoms with E-state index in [2.05, 4.69) is 47.5 Å². The molecule has 1 saturated carbocycles. The molecule has 1 heterocycles. The molecular formula is C17H26N2. The first kappa shape index (κ1) is 13.1. The number of nitrogens with one attached hydrogen (secondary N) is 1. The molecule has 0 bridgehead atoms. The van der Waals surface area contributed by atoms with Gasteiger partial charge in [-0.1, -0.05) is 37.3 Å². The molecule has 1 aromatic rings. The fourth-order valence-electron chi connectivity index (χ4n) is 3.22. The van der Waals surface area contributed by atoms with Gasteiger partial charge in [0.05, 0.1) is 0 Å². The molecule has 2 fully saturated rings. The van der Waals surface area contributed by atoms with Gasteiger partial charge in [0.1, 0.15) is 0 Å². The summed E-state index contributed by atoms with van der Waals surface area (Å²) in [5.74, 6) is 1.68. The van der Waals surface area contributed by atoms with Crippen LogP contribution in [-0.2, 0) is 0 Å². The Hall–Kier alpha value is -0.860. The Kier molecular flexibility index (Phi) is 4.19. The van der Waals surface area contributed by atoms with Crippen molar-refractivity contribution < 1.29 is 0 Å². The van der Waals surface area contributed by atoms with E-state index in [-0.39, 0.29) is 0 Å². The van der Waals surface area contributed by atoms with Gasteiger partial charge in [0.2, 0.25) is 0 Å². The average Bonchev–Trinajstić information content (AvgIpc) is 3.30. The molecule has 1 N–H and O–H groups in total. The second-order valence-corrected chi connectivity index (χ2v) is 6.24. The zero-order valence-electron chi connectivity index (χ0n) is 12.0. The third-order valence-electron chi connectivity index (χ3n) is 4.64. The summed E-state index contributed by atoms with van der Waals surface area (Å²) in [7, 11) is 0.